The fraction of sp³-hybridized carbons (Fsp3) is 0.0526. The van der Waals surface area contributed by atoms with Crippen LogP contribution in [-0.2, 0) is 0 Å². The second kappa shape index (κ2) is 5.72. The van der Waals surface area contributed by atoms with E-state index in [1.54, 1.807) is 6.08 Å². The van der Waals surface area contributed by atoms with Gasteiger partial charge in [-0.15, -0.1) is 0 Å². The van der Waals surface area contributed by atoms with Crippen LogP contribution >= 0.6 is 0 Å². The van der Waals surface area contributed by atoms with Crippen molar-refractivity contribution < 1.29 is 5.11 Å². The highest BCUT2D eigenvalue weighted by molar-refractivity contribution is 6.01. The van der Waals surface area contributed by atoms with Gasteiger partial charge < -0.3 is 5.11 Å². The second-order valence-corrected chi connectivity index (χ2v) is 4.74. The Hall–Kier alpha value is -2.38. The number of aliphatic hydroxyl groups is 1. The van der Waals surface area contributed by atoms with Gasteiger partial charge in [0.05, 0.1) is 6.61 Å². The van der Waals surface area contributed by atoms with E-state index in [0.29, 0.717) is 0 Å². The number of benzene rings is 3. The molecule has 0 saturated carbocycles. The second-order valence-electron chi connectivity index (χ2n) is 4.74. The summed E-state index contributed by atoms with van der Waals surface area (Å²) >= 11 is 0. The van der Waals surface area contributed by atoms with E-state index in [0.717, 1.165) is 0 Å². The molecule has 3 aromatic rings. The molecule has 0 heterocycles. The molecule has 0 bridgehead atoms. The Labute approximate surface area is 118 Å². The largest absolute Gasteiger partial charge is 0.392 e. The van der Waals surface area contributed by atoms with E-state index >= 15 is 0 Å². The van der Waals surface area contributed by atoms with Crippen molar-refractivity contribution in [3.63, 3.8) is 0 Å². The lowest BCUT2D eigenvalue weighted by Gasteiger charge is -2.05. The Balaban J connectivity index is 2.15. The summed E-state index contributed by atoms with van der Waals surface area (Å²) in [5.74, 6) is 0. The summed E-state index contributed by atoms with van der Waals surface area (Å²) in [6.45, 7) is 0.0739. The number of allylic oxidation sites excluding steroid dienone is 2. The minimum atomic E-state index is 0.0739. The van der Waals surface area contributed by atoms with E-state index in [1.807, 2.05) is 12.2 Å². The Kier molecular flexibility index (Phi) is 3.62. The van der Waals surface area contributed by atoms with Gasteiger partial charge in [-0.25, -0.2) is 0 Å². The Morgan fingerprint density at radius 3 is 2.35 bits per heavy atom. The van der Waals surface area contributed by atoms with Crippen LogP contribution in [0.4, 0.5) is 0 Å². The Bertz CT molecular complexity index is 797. The van der Waals surface area contributed by atoms with Gasteiger partial charge >= 0.3 is 0 Å². The highest BCUT2D eigenvalue weighted by atomic mass is 16.2. The molecule has 0 unspecified atom stereocenters. The number of aliphatic hydroxyl groups excluding tert-OH is 1. The number of fused-ring (bicyclic) bond motifs is 2. The van der Waals surface area contributed by atoms with Crippen LogP contribution < -0.4 is 0 Å². The SMILES string of the molecule is OC/C=C/C=C/c1cccc2cc3ccccc3cc12. The molecule has 3 aromatic carbocycles. The number of hydrogen-bond acceptors (Lipinski definition) is 1. The molecule has 0 spiro atoms. The lowest BCUT2D eigenvalue weighted by atomic mass is 9.99. The van der Waals surface area contributed by atoms with Gasteiger partial charge in [0, 0.05) is 0 Å². The van der Waals surface area contributed by atoms with Gasteiger partial charge in [0.2, 0.25) is 0 Å². The normalized spacial score (nSPS) is 12.1. The monoisotopic (exact) mass is 260 g/mol. The van der Waals surface area contributed by atoms with E-state index in [-0.39, 0.29) is 6.61 Å². The zero-order valence-electron chi connectivity index (χ0n) is 11.2. The van der Waals surface area contributed by atoms with Gasteiger partial charge in [0.1, 0.15) is 0 Å². The molecule has 1 nitrogen and oxygen atoms in total. The van der Waals surface area contributed by atoms with E-state index in [1.165, 1.54) is 27.1 Å². The third-order valence-corrected chi connectivity index (χ3v) is 3.41. The molecule has 0 aliphatic carbocycles. The predicted molar refractivity (Wildman–Crippen MR) is 86.7 cm³/mol. The highest BCUT2D eigenvalue weighted by Crippen LogP contribution is 2.26. The van der Waals surface area contributed by atoms with E-state index < -0.39 is 0 Å². The van der Waals surface area contributed by atoms with Crippen LogP contribution in [0.5, 0.6) is 0 Å². The van der Waals surface area contributed by atoms with Crippen LogP contribution in [0.1, 0.15) is 5.56 Å². The van der Waals surface area contributed by atoms with Gasteiger partial charge in [0.25, 0.3) is 0 Å². The van der Waals surface area contributed by atoms with E-state index in [9.17, 15) is 0 Å². The smallest absolute Gasteiger partial charge is 0.0615 e. The fourth-order valence-corrected chi connectivity index (χ4v) is 2.44. The van der Waals surface area contributed by atoms with Gasteiger partial charge in [-0.1, -0.05) is 66.8 Å². The lowest BCUT2D eigenvalue weighted by molar-refractivity contribution is 0.343. The lowest BCUT2D eigenvalue weighted by Crippen LogP contribution is -1.80. The van der Waals surface area contributed by atoms with Gasteiger partial charge in [-0.05, 0) is 39.2 Å². The number of rotatable bonds is 3. The molecule has 0 aromatic heterocycles. The quantitative estimate of drug-likeness (QED) is 0.541. The molecule has 0 radical (unpaired) electrons. The van der Waals surface area contributed by atoms with Crippen molar-refractivity contribution in [2.45, 2.75) is 0 Å². The third kappa shape index (κ3) is 2.49. The molecule has 1 N–H and O–H groups in total. The van der Waals surface area contributed by atoms with Crippen LogP contribution in [-0.4, -0.2) is 11.7 Å². The maximum atomic E-state index is 8.73. The highest BCUT2D eigenvalue weighted by Gasteiger charge is 2.00. The topological polar surface area (TPSA) is 20.2 Å². The molecule has 3 rings (SSSR count). The first-order valence-electron chi connectivity index (χ1n) is 6.74. The first-order valence-corrected chi connectivity index (χ1v) is 6.74. The Morgan fingerprint density at radius 1 is 0.800 bits per heavy atom. The Morgan fingerprint density at radius 2 is 1.55 bits per heavy atom. The maximum Gasteiger partial charge on any atom is 0.0615 e. The minimum Gasteiger partial charge on any atom is -0.392 e. The molecule has 98 valence electrons. The van der Waals surface area contributed by atoms with Crippen molar-refractivity contribution in [1.82, 2.24) is 0 Å². The molecule has 0 aliphatic heterocycles. The average molecular weight is 260 g/mol. The summed E-state index contributed by atoms with van der Waals surface area (Å²) in [6.07, 6.45) is 7.61. The van der Waals surface area contributed by atoms with Crippen molar-refractivity contribution in [2.24, 2.45) is 0 Å². The summed E-state index contributed by atoms with van der Waals surface area (Å²) in [5.41, 5.74) is 1.19. The zero-order valence-corrected chi connectivity index (χ0v) is 11.2. The standard InChI is InChI=1S/C19H16O/c20-12-5-1-2-7-15-10-6-11-18-13-16-8-3-4-9-17(16)14-19(15)18/h1-11,13-14,20H,12H2/b5-1+,7-2+. The third-order valence-electron chi connectivity index (χ3n) is 3.41. The fourth-order valence-electron chi connectivity index (χ4n) is 2.44. The summed E-state index contributed by atoms with van der Waals surface area (Å²) in [4.78, 5) is 0. The first kappa shape index (κ1) is 12.6. The summed E-state index contributed by atoms with van der Waals surface area (Å²) in [6, 6.07) is 19.2. The molecule has 1 heteroatoms. The first-order chi connectivity index (χ1) is 9.88. The molecule has 20 heavy (non-hydrogen) atoms. The van der Waals surface area contributed by atoms with Crippen LogP contribution in [0.2, 0.25) is 0 Å². The molecule has 0 aliphatic rings. The minimum absolute atomic E-state index is 0.0739. The van der Waals surface area contributed by atoms with Gasteiger partial charge in [-0.3, -0.25) is 0 Å². The molecule has 0 atom stereocenters. The van der Waals surface area contributed by atoms with Crippen LogP contribution in [0.3, 0.4) is 0 Å². The summed E-state index contributed by atoms with van der Waals surface area (Å²) in [5, 5.41) is 13.8. The van der Waals surface area contributed by atoms with Crippen molar-refractivity contribution in [1.29, 1.82) is 0 Å². The number of hydrogen-bond donors (Lipinski definition) is 1. The summed E-state index contributed by atoms with van der Waals surface area (Å²) < 4.78 is 0. The summed E-state index contributed by atoms with van der Waals surface area (Å²) in [7, 11) is 0. The van der Waals surface area contributed by atoms with Gasteiger partial charge in [0.15, 0.2) is 0 Å². The predicted octanol–water partition coefficient (Wildman–Crippen LogP) is 4.55. The maximum absolute atomic E-state index is 8.73. The molecule has 0 amide bonds. The van der Waals surface area contributed by atoms with Crippen molar-refractivity contribution in [3.8, 4) is 0 Å². The van der Waals surface area contributed by atoms with E-state index in [4.69, 9.17) is 5.11 Å². The zero-order chi connectivity index (χ0) is 13.8. The van der Waals surface area contributed by atoms with Crippen LogP contribution in [0.25, 0.3) is 27.6 Å². The van der Waals surface area contributed by atoms with Crippen molar-refractivity contribution >= 4 is 27.6 Å². The molecular weight excluding hydrogens is 244 g/mol. The van der Waals surface area contributed by atoms with Crippen LogP contribution in [0, 0.1) is 0 Å². The van der Waals surface area contributed by atoms with Crippen molar-refractivity contribution in [3.05, 3.63) is 78.4 Å². The average Bonchev–Trinajstić information content (AvgIpc) is 2.50. The molecule has 0 fully saturated rings. The molecule has 0 saturated heterocycles. The van der Waals surface area contributed by atoms with Crippen LogP contribution in [0.15, 0.2) is 72.8 Å². The molecular formula is C19H16O. The van der Waals surface area contributed by atoms with Gasteiger partial charge in [-0.2, -0.15) is 0 Å². The van der Waals surface area contributed by atoms with Crippen molar-refractivity contribution in [2.75, 3.05) is 6.61 Å². The van der Waals surface area contributed by atoms with E-state index in [2.05, 4.69) is 60.7 Å².